The lowest BCUT2D eigenvalue weighted by atomic mass is 10.2. The minimum atomic E-state index is -1.15. The molecule has 0 fully saturated rings. The molecule has 2 rings (SSSR count). The molecule has 2 aromatic rings. The Labute approximate surface area is 104 Å². The van der Waals surface area contributed by atoms with Gasteiger partial charge in [-0.2, -0.15) is 0 Å². The van der Waals surface area contributed by atoms with E-state index in [2.05, 4.69) is 4.98 Å². The largest absolute Gasteiger partial charge is 0.443 e. The maximum Gasteiger partial charge on any atom is 0.252 e. The normalized spacial score (nSPS) is 12.6. The molecule has 1 aromatic heterocycles. The highest BCUT2D eigenvalue weighted by molar-refractivity contribution is 5.80. The van der Waals surface area contributed by atoms with Gasteiger partial charge in [-0.3, -0.25) is 4.79 Å². The average molecular weight is 249 g/mol. The molecule has 6 heteroatoms. The number of hydrogen-bond donors (Lipinski definition) is 2. The van der Waals surface area contributed by atoms with Gasteiger partial charge in [-0.25, -0.2) is 4.98 Å². The third-order valence-corrected chi connectivity index (χ3v) is 2.70. The summed E-state index contributed by atoms with van der Waals surface area (Å²) >= 11 is 0. The number of carbonyl (C=O) groups excluding carboxylic acids is 1. The van der Waals surface area contributed by atoms with Gasteiger partial charge in [-0.05, 0) is 17.7 Å². The molecule has 1 heterocycles. The van der Waals surface area contributed by atoms with Gasteiger partial charge in [-0.15, -0.1) is 0 Å². The molecule has 0 aliphatic heterocycles. The van der Waals surface area contributed by atoms with Crippen molar-refractivity contribution in [1.82, 2.24) is 9.88 Å². The first-order valence-corrected chi connectivity index (χ1v) is 5.57. The topological polar surface area (TPSA) is 92.6 Å². The molecular weight excluding hydrogens is 234 g/mol. The summed E-state index contributed by atoms with van der Waals surface area (Å²) in [6.45, 7) is 0.302. The van der Waals surface area contributed by atoms with E-state index in [0.29, 0.717) is 12.1 Å². The Morgan fingerprint density at radius 1 is 1.61 bits per heavy atom. The number of fused-ring (bicyclic) bond motifs is 1. The molecule has 1 aromatic carbocycles. The number of benzene rings is 1. The van der Waals surface area contributed by atoms with E-state index in [-0.39, 0.29) is 6.54 Å². The van der Waals surface area contributed by atoms with Crippen LogP contribution in [0.3, 0.4) is 0 Å². The molecule has 1 unspecified atom stereocenters. The van der Waals surface area contributed by atoms with Crippen LogP contribution in [-0.4, -0.2) is 40.6 Å². The van der Waals surface area contributed by atoms with Gasteiger partial charge in [0.2, 0.25) is 0 Å². The number of aliphatic hydroxyl groups is 1. The summed E-state index contributed by atoms with van der Waals surface area (Å²) in [6, 6.07) is 5.51. The third-order valence-electron chi connectivity index (χ3n) is 2.70. The number of nitrogens with zero attached hydrogens (tertiary/aromatic N) is 2. The summed E-state index contributed by atoms with van der Waals surface area (Å²) < 4.78 is 5.19. The number of nitrogens with two attached hydrogens (primary N) is 1. The molecule has 1 amide bonds. The van der Waals surface area contributed by atoms with Crippen molar-refractivity contribution in [2.24, 2.45) is 5.73 Å². The van der Waals surface area contributed by atoms with E-state index in [9.17, 15) is 9.90 Å². The molecule has 18 heavy (non-hydrogen) atoms. The summed E-state index contributed by atoms with van der Waals surface area (Å²) in [5, 5.41) is 9.37. The van der Waals surface area contributed by atoms with E-state index < -0.39 is 12.0 Å². The van der Waals surface area contributed by atoms with Crippen LogP contribution in [0.1, 0.15) is 5.56 Å². The Hall–Kier alpha value is -1.92. The van der Waals surface area contributed by atoms with Gasteiger partial charge in [0.15, 0.2) is 12.0 Å². The third kappa shape index (κ3) is 2.49. The van der Waals surface area contributed by atoms with Gasteiger partial charge >= 0.3 is 0 Å². The van der Waals surface area contributed by atoms with Crippen molar-refractivity contribution >= 4 is 17.0 Å². The number of amides is 1. The van der Waals surface area contributed by atoms with Crippen molar-refractivity contribution in [3.8, 4) is 0 Å². The highest BCUT2D eigenvalue weighted by Gasteiger charge is 2.17. The highest BCUT2D eigenvalue weighted by Crippen LogP contribution is 2.15. The SMILES string of the molecule is CN(Cc1ccc2ncoc2c1)C(=O)C(O)CN. The van der Waals surface area contributed by atoms with Gasteiger partial charge in [0.1, 0.15) is 11.6 Å². The molecule has 1 atom stereocenters. The van der Waals surface area contributed by atoms with E-state index in [4.69, 9.17) is 10.2 Å². The second kappa shape index (κ2) is 5.16. The van der Waals surface area contributed by atoms with Crippen LogP contribution in [0, 0.1) is 0 Å². The molecule has 0 aliphatic rings. The Morgan fingerprint density at radius 2 is 2.39 bits per heavy atom. The van der Waals surface area contributed by atoms with Gasteiger partial charge < -0.3 is 20.2 Å². The van der Waals surface area contributed by atoms with Crippen LogP contribution < -0.4 is 5.73 Å². The molecule has 0 saturated carbocycles. The minimum Gasteiger partial charge on any atom is -0.443 e. The number of carbonyl (C=O) groups is 1. The quantitative estimate of drug-likeness (QED) is 0.802. The van der Waals surface area contributed by atoms with Crippen LogP contribution >= 0.6 is 0 Å². The minimum absolute atomic E-state index is 0.0791. The number of likely N-dealkylation sites (N-methyl/N-ethyl adjacent to an activating group) is 1. The maximum absolute atomic E-state index is 11.7. The molecule has 0 aliphatic carbocycles. The summed E-state index contributed by atoms with van der Waals surface area (Å²) in [6.07, 6.45) is 0.227. The van der Waals surface area contributed by atoms with Crippen LogP contribution in [-0.2, 0) is 11.3 Å². The molecule has 0 radical (unpaired) electrons. The Morgan fingerprint density at radius 3 is 3.11 bits per heavy atom. The first-order chi connectivity index (χ1) is 8.61. The number of aromatic nitrogens is 1. The Bertz CT molecular complexity index is 552. The maximum atomic E-state index is 11.7. The second-order valence-corrected chi connectivity index (χ2v) is 4.10. The van der Waals surface area contributed by atoms with Crippen LogP contribution in [0.5, 0.6) is 0 Å². The van der Waals surface area contributed by atoms with Crippen LogP contribution in [0.15, 0.2) is 29.0 Å². The lowest BCUT2D eigenvalue weighted by Crippen LogP contribution is -2.40. The lowest BCUT2D eigenvalue weighted by molar-refractivity contribution is -0.138. The molecular formula is C12H15N3O3. The van der Waals surface area contributed by atoms with Gasteiger partial charge in [0.05, 0.1) is 0 Å². The number of hydrogen-bond acceptors (Lipinski definition) is 5. The molecule has 0 bridgehead atoms. The summed E-state index contributed by atoms with van der Waals surface area (Å²) in [5.41, 5.74) is 7.59. The lowest BCUT2D eigenvalue weighted by Gasteiger charge is -2.19. The second-order valence-electron chi connectivity index (χ2n) is 4.10. The smallest absolute Gasteiger partial charge is 0.252 e. The molecule has 6 nitrogen and oxygen atoms in total. The zero-order valence-electron chi connectivity index (χ0n) is 10.0. The molecule has 0 saturated heterocycles. The molecule has 3 N–H and O–H groups in total. The van der Waals surface area contributed by atoms with Crippen molar-refractivity contribution in [3.63, 3.8) is 0 Å². The van der Waals surface area contributed by atoms with E-state index in [1.807, 2.05) is 18.2 Å². The van der Waals surface area contributed by atoms with Gasteiger partial charge in [0, 0.05) is 20.1 Å². The number of oxazole rings is 1. The van der Waals surface area contributed by atoms with Crippen molar-refractivity contribution in [2.45, 2.75) is 12.6 Å². The van der Waals surface area contributed by atoms with E-state index in [1.165, 1.54) is 11.3 Å². The summed E-state index contributed by atoms with van der Waals surface area (Å²) in [4.78, 5) is 17.1. The zero-order chi connectivity index (χ0) is 13.1. The van der Waals surface area contributed by atoms with Crippen LogP contribution in [0.2, 0.25) is 0 Å². The van der Waals surface area contributed by atoms with Crippen molar-refractivity contribution in [2.75, 3.05) is 13.6 Å². The molecule has 0 spiro atoms. The van der Waals surface area contributed by atoms with Crippen molar-refractivity contribution < 1.29 is 14.3 Å². The molecule has 96 valence electrons. The first kappa shape index (κ1) is 12.5. The highest BCUT2D eigenvalue weighted by atomic mass is 16.3. The summed E-state index contributed by atoms with van der Waals surface area (Å²) in [7, 11) is 1.62. The van der Waals surface area contributed by atoms with E-state index in [1.54, 1.807) is 7.05 Å². The summed E-state index contributed by atoms with van der Waals surface area (Å²) in [5.74, 6) is -0.393. The fraction of sp³-hybridized carbons (Fsp3) is 0.333. The van der Waals surface area contributed by atoms with E-state index >= 15 is 0 Å². The van der Waals surface area contributed by atoms with Crippen LogP contribution in [0.25, 0.3) is 11.1 Å². The standard InChI is InChI=1S/C12H15N3O3/c1-15(12(17)10(16)5-13)6-8-2-3-9-11(4-8)18-7-14-9/h2-4,7,10,16H,5-6,13H2,1H3. The predicted octanol–water partition coefficient (Wildman–Crippen LogP) is 0.106. The predicted molar refractivity (Wildman–Crippen MR) is 65.5 cm³/mol. The van der Waals surface area contributed by atoms with Crippen molar-refractivity contribution in [1.29, 1.82) is 0 Å². The Kier molecular flexibility index (Phi) is 3.59. The average Bonchev–Trinajstić information content (AvgIpc) is 2.84. The number of aliphatic hydroxyl groups excluding tert-OH is 1. The number of rotatable bonds is 4. The van der Waals surface area contributed by atoms with Crippen LogP contribution in [0.4, 0.5) is 0 Å². The zero-order valence-corrected chi connectivity index (χ0v) is 10.0. The van der Waals surface area contributed by atoms with Gasteiger partial charge in [-0.1, -0.05) is 6.07 Å². The Balaban J connectivity index is 2.10. The fourth-order valence-corrected chi connectivity index (χ4v) is 1.70. The van der Waals surface area contributed by atoms with Crippen molar-refractivity contribution in [3.05, 3.63) is 30.2 Å². The van der Waals surface area contributed by atoms with E-state index in [0.717, 1.165) is 11.1 Å². The fourth-order valence-electron chi connectivity index (χ4n) is 1.70. The monoisotopic (exact) mass is 249 g/mol. The van der Waals surface area contributed by atoms with Gasteiger partial charge in [0.25, 0.3) is 5.91 Å². The first-order valence-electron chi connectivity index (χ1n) is 5.57.